The molecule has 7 nitrogen and oxygen atoms in total. The fourth-order valence-electron chi connectivity index (χ4n) is 1.90. The SMILES string of the molecule is CO[Si](C)(OC)N([Si](C)(OC)OC)[Si](C)(OC)OC. The third-order valence-electron chi connectivity index (χ3n) is 3.49. The molecule has 0 N–H and O–H groups in total. The van der Waals surface area contributed by atoms with Crippen LogP contribution in [0.3, 0.4) is 0 Å². The van der Waals surface area contributed by atoms with Gasteiger partial charge in [0.1, 0.15) is 0 Å². The van der Waals surface area contributed by atoms with E-state index in [0.717, 1.165) is 0 Å². The Kier molecular flexibility index (Phi) is 7.54. The lowest BCUT2D eigenvalue weighted by atomic mass is 11.8. The summed E-state index contributed by atoms with van der Waals surface area (Å²) < 4.78 is 35.8. The van der Waals surface area contributed by atoms with Crippen LogP contribution in [0, 0.1) is 0 Å². The van der Waals surface area contributed by atoms with Crippen LogP contribution < -0.4 is 0 Å². The van der Waals surface area contributed by atoms with E-state index in [1.54, 1.807) is 42.7 Å². The molecule has 0 rings (SSSR count). The van der Waals surface area contributed by atoms with Gasteiger partial charge in [0.15, 0.2) is 0 Å². The zero-order valence-electron chi connectivity index (χ0n) is 13.4. The van der Waals surface area contributed by atoms with Gasteiger partial charge in [-0.1, -0.05) is 0 Å². The van der Waals surface area contributed by atoms with Crippen molar-refractivity contribution in [2.75, 3.05) is 42.7 Å². The van der Waals surface area contributed by atoms with Crippen LogP contribution in [0.1, 0.15) is 0 Å². The van der Waals surface area contributed by atoms with E-state index in [0.29, 0.717) is 0 Å². The van der Waals surface area contributed by atoms with Gasteiger partial charge in [0.25, 0.3) is 0 Å². The zero-order chi connectivity index (χ0) is 15.3. The van der Waals surface area contributed by atoms with Crippen LogP contribution in [0.4, 0.5) is 0 Å². The van der Waals surface area contributed by atoms with Gasteiger partial charge in [0.2, 0.25) is 0 Å². The molecule has 0 fully saturated rings. The van der Waals surface area contributed by atoms with Crippen LogP contribution in [0.15, 0.2) is 0 Å². The van der Waals surface area contributed by atoms with Crippen molar-refractivity contribution in [2.45, 2.75) is 19.6 Å². The van der Waals surface area contributed by atoms with Crippen molar-refractivity contribution in [2.24, 2.45) is 0 Å². The summed E-state index contributed by atoms with van der Waals surface area (Å²) in [5.74, 6) is 0. The van der Waals surface area contributed by atoms with Crippen LogP contribution >= 0.6 is 0 Å². The second-order valence-corrected chi connectivity index (χ2v) is 14.8. The molecule has 0 spiro atoms. The Morgan fingerprint density at radius 3 is 0.737 bits per heavy atom. The van der Waals surface area contributed by atoms with Crippen LogP contribution in [0.25, 0.3) is 0 Å². The minimum absolute atomic E-state index is 1.61. The number of hydrogen-bond acceptors (Lipinski definition) is 7. The summed E-state index contributed by atoms with van der Waals surface area (Å²) in [6.45, 7) is 5.75. The molecule has 0 unspecified atom stereocenters. The van der Waals surface area contributed by atoms with Crippen LogP contribution in [-0.4, -0.2) is 72.7 Å². The van der Waals surface area contributed by atoms with Gasteiger partial charge in [-0.15, -0.1) is 0 Å². The highest BCUT2D eigenvalue weighted by Crippen LogP contribution is 2.29. The van der Waals surface area contributed by atoms with E-state index in [9.17, 15) is 0 Å². The summed E-state index contributed by atoms with van der Waals surface area (Å²) in [5, 5.41) is 0. The first-order valence-corrected chi connectivity index (χ1v) is 12.6. The summed E-state index contributed by atoms with van der Waals surface area (Å²) in [4.78, 5) is 0. The maximum absolute atomic E-state index is 5.64. The first kappa shape index (κ1) is 19.4. The Morgan fingerprint density at radius 1 is 0.474 bits per heavy atom. The Balaban J connectivity index is 5.88. The van der Waals surface area contributed by atoms with Crippen molar-refractivity contribution in [3.8, 4) is 0 Å². The molecule has 0 atom stereocenters. The standard InChI is InChI=1S/C9H27NO6Si3/c1-11-17(7,12-2)10(18(8,13-3)14-4)19(9,15-5)16-6/h1-9H3. The Morgan fingerprint density at radius 2 is 0.632 bits per heavy atom. The van der Waals surface area contributed by atoms with E-state index < -0.39 is 26.2 Å². The smallest absolute Gasteiger partial charge is 0.387 e. The maximum Gasteiger partial charge on any atom is 0.417 e. The molecular formula is C9H27NO6Si3. The summed E-state index contributed by atoms with van der Waals surface area (Å²) in [6.07, 6.45) is 0. The third-order valence-corrected chi connectivity index (χ3v) is 17.8. The predicted octanol–water partition coefficient (Wildman–Crippen LogP) is 0.873. The summed E-state index contributed by atoms with van der Waals surface area (Å²) in [7, 11) is 1.51. The molecule has 0 aromatic heterocycles. The van der Waals surface area contributed by atoms with Gasteiger partial charge in [0.05, 0.1) is 0 Å². The second-order valence-electron chi connectivity index (χ2n) is 4.25. The molecule has 116 valence electrons. The molecule has 0 heterocycles. The van der Waals surface area contributed by atoms with Gasteiger partial charge < -0.3 is 26.6 Å². The minimum atomic E-state index is -2.72. The Labute approximate surface area is 119 Å². The van der Waals surface area contributed by atoms with Crippen molar-refractivity contribution in [3.05, 3.63) is 0 Å². The van der Waals surface area contributed by atoms with E-state index in [-0.39, 0.29) is 0 Å². The summed E-state index contributed by atoms with van der Waals surface area (Å²) >= 11 is 0. The summed E-state index contributed by atoms with van der Waals surface area (Å²) in [6, 6.07) is 0. The molecule has 0 bridgehead atoms. The normalized spacial score (nSPS) is 14.2. The zero-order valence-corrected chi connectivity index (χ0v) is 16.4. The molecule has 0 aromatic rings. The molecule has 0 aliphatic rings. The topological polar surface area (TPSA) is 58.6 Å². The molecule has 0 radical (unpaired) electrons. The van der Waals surface area contributed by atoms with Gasteiger partial charge in [-0.3, -0.25) is 0 Å². The molecule has 0 aromatic carbocycles. The van der Waals surface area contributed by atoms with Crippen LogP contribution in [0.2, 0.25) is 19.6 Å². The molecular weight excluding hydrogens is 302 g/mol. The highest BCUT2D eigenvalue weighted by atomic mass is 28.5. The second kappa shape index (κ2) is 7.40. The van der Waals surface area contributed by atoms with E-state index in [4.69, 9.17) is 26.6 Å². The molecule has 0 amide bonds. The van der Waals surface area contributed by atoms with Gasteiger partial charge >= 0.3 is 26.2 Å². The Bertz CT molecular complexity index is 228. The van der Waals surface area contributed by atoms with E-state index >= 15 is 0 Å². The lowest BCUT2D eigenvalue weighted by Crippen LogP contribution is -2.79. The first-order chi connectivity index (χ1) is 8.73. The van der Waals surface area contributed by atoms with Crippen molar-refractivity contribution < 1.29 is 26.6 Å². The van der Waals surface area contributed by atoms with Crippen molar-refractivity contribution in [3.63, 3.8) is 0 Å². The van der Waals surface area contributed by atoms with E-state index in [1.165, 1.54) is 0 Å². The van der Waals surface area contributed by atoms with E-state index in [1.807, 2.05) is 23.5 Å². The largest absolute Gasteiger partial charge is 0.417 e. The van der Waals surface area contributed by atoms with Crippen molar-refractivity contribution >= 4 is 26.2 Å². The maximum atomic E-state index is 5.64. The highest BCUT2D eigenvalue weighted by Gasteiger charge is 2.62. The van der Waals surface area contributed by atoms with Gasteiger partial charge in [-0.2, -0.15) is 0 Å². The number of hydrogen-bond donors (Lipinski definition) is 0. The average Bonchev–Trinajstić information content (AvgIpc) is 2.46. The van der Waals surface area contributed by atoms with Gasteiger partial charge in [-0.05, 0) is 19.6 Å². The Hall–Kier alpha value is 0.371. The van der Waals surface area contributed by atoms with Crippen LogP contribution in [-0.2, 0) is 26.6 Å². The quantitative estimate of drug-likeness (QED) is 0.582. The lowest BCUT2D eigenvalue weighted by Gasteiger charge is -2.49. The number of rotatable bonds is 9. The molecule has 0 saturated heterocycles. The molecule has 0 aliphatic carbocycles. The molecule has 0 saturated carbocycles. The van der Waals surface area contributed by atoms with E-state index in [2.05, 4.69) is 0 Å². The first-order valence-electron chi connectivity index (χ1n) is 5.85. The monoisotopic (exact) mass is 329 g/mol. The number of nitrogens with zero attached hydrogens (tertiary/aromatic N) is 1. The van der Waals surface area contributed by atoms with Gasteiger partial charge in [-0.25, -0.2) is 3.90 Å². The highest BCUT2D eigenvalue weighted by molar-refractivity contribution is 6.94. The average molecular weight is 330 g/mol. The predicted molar refractivity (Wildman–Crippen MR) is 78.7 cm³/mol. The third kappa shape index (κ3) is 3.72. The van der Waals surface area contributed by atoms with Crippen molar-refractivity contribution in [1.29, 1.82) is 0 Å². The molecule has 19 heavy (non-hydrogen) atoms. The fourth-order valence-corrected chi connectivity index (χ4v) is 15.6. The summed E-state index contributed by atoms with van der Waals surface area (Å²) in [5.41, 5.74) is 0. The van der Waals surface area contributed by atoms with Crippen LogP contribution in [0.5, 0.6) is 0 Å². The minimum Gasteiger partial charge on any atom is -0.387 e. The fraction of sp³-hybridized carbons (Fsp3) is 1.00. The lowest BCUT2D eigenvalue weighted by molar-refractivity contribution is 0.131. The molecule has 0 aliphatic heterocycles. The van der Waals surface area contributed by atoms with Gasteiger partial charge in [0, 0.05) is 42.7 Å². The molecule has 10 heteroatoms. The van der Waals surface area contributed by atoms with Crippen molar-refractivity contribution in [1.82, 2.24) is 3.90 Å².